The number of hydrogen-bond acceptors (Lipinski definition) is 3. The highest BCUT2D eigenvalue weighted by atomic mass is 35.5. The zero-order valence-corrected chi connectivity index (χ0v) is 14.7. The average Bonchev–Trinajstić information content (AvgIpc) is 3.15. The Hall–Kier alpha value is -0.330. The molecule has 118 valence electrons. The molecule has 0 atom stereocenters. The van der Waals surface area contributed by atoms with Crippen LogP contribution in [-0.2, 0) is 16.6 Å². The van der Waals surface area contributed by atoms with Gasteiger partial charge in [0.05, 0.1) is 5.02 Å². The molecule has 1 saturated carbocycles. The van der Waals surface area contributed by atoms with Crippen LogP contribution in [0, 0.1) is 5.92 Å². The van der Waals surface area contributed by atoms with Crippen molar-refractivity contribution in [1.29, 1.82) is 0 Å². The number of benzene rings is 1. The number of halogens is 2. The quantitative estimate of drug-likeness (QED) is 0.828. The van der Waals surface area contributed by atoms with Crippen molar-refractivity contribution in [2.75, 3.05) is 7.05 Å². The topological polar surface area (TPSA) is 58.2 Å². The third-order valence-electron chi connectivity index (χ3n) is 3.75. The van der Waals surface area contributed by atoms with Gasteiger partial charge < -0.3 is 5.32 Å². The van der Waals surface area contributed by atoms with E-state index in [4.69, 9.17) is 23.2 Å². The first-order chi connectivity index (χ1) is 9.67. The lowest BCUT2D eigenvalue weighted by atomic mass is 10.0. The van der Waals surface area contributed by atoms with Gasteiger partial charge in [-0.2, -0.15) is 0 Å². The second-order valence-electron chi connectivity index (χ2n) is 6.01. The van der Waals surface area contributed by atoms with Crippen molar-refractivity contribution in [1.82, 2.24) is 10.0 Å². The normalized spacial score (nSPS) is 16.2. The van der Waals surface area contributed by atoms with E-state index in [0.29, 0.717) is 23.0 Å². The van der Waals surface area contributed by atoms with Gasteiger partial charge in [0, 0.05) is 17.1 Å². The highest BCUT2D eigenvalue weighted by molar-refractivity contribution is 7.89. The van der Waals surface area contributed by atoms with Crippen LogP contribution in [-0.4, -0.2) is 21.0 Å². The van der Waals surface area contributed by atoms with E-state index in [-0.39, 0.29) is 9.92 Å². The Kier molecular flexibility index (Phi) is 4.90. The number of sulfonamides is 1. The van der Waals surface area contributed by atoms with Crippen molar-refractivity contribution in [3.63, 3.8) is 0 Å². The van der Waals surface area contributed by atoms with Crippen molar-refractivity contribution in [3.05, 3.63) is 27.7 Å². The van der Waals surface area contributed by atoms with Gasteiger partial charge in [0.2, 0.25) is 10.0 Å². The highest BCUT2D eigenvalue weighted by Crippen LogP contribution is 2.40. The maximum atomic E-state index is 12.6. The summed E-state index contributed by atoms with van der Waals surface area (Å²) < 4.78 is 28.0. The zero-order valence-electron chi connectivity index (χ0n) is 12.3. The molecule has 0 saturated heterocycles. The second-order valence-corrected chi connectivity index (χ2v) is 8.47. The molecule has 0 aliphatic heterocycles. The van der Waals surface area contributed by atoms with Gasteiger partial charge in [-0.05, 0) is 57.4 Å². The van der Waals surface area contributed by atoms with Crippen LogP contribution in [0.1, 0.15) is 32.3 Å². The van der Waals surface area contributed by atoms with Gasteiger partial charge in [-0.3, -0.25) is 0 Å². The molecule has 1 aliphatic rings. The summed E-state index contributed by atoms with van der Waals surface area (Å²) >= 11 is 12.2. The molecule has 21 heavy (non-hydrogen) atoms. The molecule has 4 nitrogen and oxygen atoms in total. The van der Waals surface area contributed by atoms with Gasteiger partial charge in [-0.15, -0.1) is 0 Å². The summed E-state index contributed by atoms with van der Waals surface area (Å²) in [6, 6.07) is 3.01. The largest absolute Gasteiger partial charge is 0.316 e. The van der Waals surface area contributed by atoms with Crippen LogP contribution in [0.4, 0.5) is 0 Å². The predicted molar refractivity (Wildman–Crippen MR) is 86.4 cm³/mol. The molecule has 0 amide bonds. The smallest absolute Gasteiger partial charge is 0.242 e. The fourth-order valence-electron chi connectivity index (χ4n) is 2.39. The van der Waals surface area contributed by atoms with Gasteiger partial charge in [0.25, 0.3) is 0 Å². The summed E-state index contributed by atoms with van der Waals surface area (Å²) in [6.07, 6.45) is 2.10. The van der Waals surface area contributed by atoms with Crippen LogP contribution in [0.2, 0.25) is 10.0 Å². The first kappa shape index (κ1) is 17.0. The summed E-state index contributed by atoms with van der Waals surface area (Å²) in [6.45, 7) is 4.28. The lowest BCUT2D eigenvalue weighted by Crippen LogP contribution is -2.45. The molecule has 0 spiro atoms. The third-order valence-corrected chi connectivity index (χ3v) is 6.24. The molecule has 0 aromatic heterocycles. The van der Waals surface area contributed by atoms with E-state index in [1.807, 2.05) is 13.8 Å². The van der Waals surface area contributed by atoms with Crippen LogP contribution < -0.4 is 10.0 Å². The average molecular weight is 351 g/mol. The monoisotopic (exact) mass is 350 g/mol. The van der Waals surface area contributed by atoms with Crippen LogP contribution in [0.15, 0.2) is 17.0 Å². The fraction of sp³-hybridized carbons (Fsp3) is 0.571. The van der Waals surface area contributed by atoms with Crippen molar-refractivity contribution >= 4 is 33.2 Å². The number of hydrogen-bond donors (Lipinski definition) is 2. The summed E-state index contributed by atoms with van der Waals surface area (Å²) in [4.78, 5) is 0.0764. The molecule has 0 bridgehead atoms. The van der Waals surface area contributed by atoms with Gasteiger partial charge in [-0.25, -0.2) is 13.1 Å². The van der Waals surface area contributed by atoms with E-state index < -0.39 is 15.6 Å². The number of rotatable bonds is 6. The summed E-state index contributed by atoms with van der Waals surface area (Å²) in [7, 11) is -1.91. The molecule has 1 aliphatic carbocycles. The van der Waals surface area contributed by atoms with Gasteiger partial charge in [0.15, 0.2) is 0 Å². The molecule has 2 N–H and O–H groups in total. The molecule has 0 radical (unpaired) electrons. The lowest BCUT2D eigenvalue weighted by molar-refractivity contribution is 0.400. The van der Waals surface area contributed by atoms with Crippen molar-refractivity contribution in [3.8, 4) is 0 Å². The van der Waals surface area contributed by atoms with E-state index in [1.165, 1.54) is 12.1 Å². The molecule has 2 rings (SSSR count). The minimum atomic E-state index is -3.68. The number of nitrogens with one attached hydrogen (secondary N) is 2. The van der Waals surface area contributed by atoms with Crippen molar-refractivity contribution < 1.29 is 8.42 Å². The maximum absolute atomic E-state index is 12.6. The Morgan fingerprint density at radius 2 is 1.86 bits per heavy atom. The van der Waals surface area contributed by atoms with Gasteiger partial charge in [-0.1, -0.05) is 23.2 Å². The first-order valence-electron chi connectivity index (χ1n) is 6.84. The Morgan fingerprint density at radius 3 is 2.38 bits per heavy atom. The molecule has 1 aromatic carbocycles. The van der Waals surface area contributed by atoms with E-state index in [2.05, 4.69) is 10.0 Å². The SMILES string of the molecule is CNCc1cc(S(=O)(=O)NC(C)(C)C2CC2)c(Cl)cc1Cl. The summed E-state index contributed by atoms with van der Waals surface area (Å²) in [5.41, 5.74) is 0.235. The minimum absolute atomic E-state index is 0.0764. The molecular weight excluding hydrogens is 331 g/mol. The Bertz CT molecular complexity index is 641. The van der Waals surface area contributed by atoms with Gasteiger partial charge in [0.1, 0.15) is 4.90 Å². The van der Waals surface area contributed by atoms with Crippen LogP contribution in [0.5, 0.6) is 0 Å². The molecule has 1 fully saturated rings. The lowest BCUT2D eigenvalue weighted by Gasteiger charge is -2.26. The first-order valence-corrected chi connectivity index (χ1v) is 9.08. The zero-order chi connectivity index (χ0) is 15.8. The van der Waals surface area contributed by atoms with Crippen LogP contribution >= 0.6 is 23.2 Å². The van der Waals surface area contributed by atoms with Crippen LogP contribution in [0.3, 0.4) is 0 Å². The van der Waals surface area contributed by atoms with E-state index in [9.17, 15) is 8.42 Å². The Morgan fingerprint density at radius 1 is 1.24 bits per heavy atom. The Labute approximate surface area is 136 Å². The van der Waals surface area contributed by atoms with Gasteiger partial charge >= 0.3 is 0 Å². The van der Waals surface area contributed by atoms with E-state index >= 15 is 0 Å². The third kappa shape index (κ3) is 3.90. The van der Waals surface area contributed by atoms with Crippen molar-refractivity contribution in [2.45, 2.75) is 43.7 Å². The Balaban J connectivity index is 2.37. The fourth-order valence-corrected chi connectivity index (χ4v) is 4.73. The molecule has 0 unspecified atom stereocenters. The minimum Gasteiger partial charge on any atom is -0.316 e. The highest BCUT2D eigenvalue weighted by Gasteiger charge is 2.41. The van der Waals surface area contributed by atoms with Crippen LogP contribution in [0.25, 0.3) is 0 Å². The maximum Gasteiger partial charge on any atom is 0.242 e. The second kappa shape index (κ2) is 6.05. The summed E-state index contributed by atoms with van der Waals surface area (Å²) in [5.74, 6) is 0.384. The van der Waals surface area contributed by atoms with E-state index in [1.54, 1.807) is 7.05 Å². The molecule has 7 heteroatoms. The standard InChI is InChI=1S/C14H20Cl2N2O2S/c1-14(2,10-4-5-10)18-21(19,20)13-6-9(8-17-3)11(15)7-12(13)16/h6-7,10,17-18H,4-5,8H2,1-3H3. The molecule has 0 heterocycles. The summed E-state index contributed by atoms with van der Waals surface area (Å²) in [5, 5.41) is 3.55. The van der Waals surface area contributed by atoms with Crippen molar-refractivity contribution in [2.24, 2.45) is 5.92 Å². The predicted octanol–water partition coefficient (Wildman–Crippen LogP) is 3.18. The molecular formula is C14H20Cl2N2O2S. The van der Waals surface area contributed by atoms with E-state index in [0.717, 1.165) is 12.8 Å². The molecule has 1 aromatic rings.